The molecule has 11 heteroatoms. The standard InChI is InChI=1S/C10H9BrF4N2O3S/c11-7-2-1-5(21(16,19)20)3-6(7)8(18)17-4-10(14,15)9(12)13/h1-3,9H,4H2,(H,17,18)(H2,16,19,20). The molecular weight excluding hydrogens is 384 g/mol. The number of rotatable bonds is 5. The molecule has 0 unspecified atom stereocenters. The van der Waals surface area contributed by atoms with Crippen LogP contribution in [0.3, 0.4) is 0 Å². The Morgan fingerprint density at radius 2 is 1.95 bits per heavy atom. The maximum atomic E-state index is 12.7. The summed E-state index contributed by atoms with van der Waals surface area (Å²) in [5.41, 5.74) is -0.327. The van der Waals surface area contributed by atoms with Gasteiger partial charge in [-0.2, -0.15) is 8.78 Å². The van der Waals surface area contributed by atoms with Crippen molar-refractivity contribution in [2.45, 2.75) is 17.2 Å². The van der Waals surface area contributed by atoms with Crippen LogP contribution in [-0.4, -0.2) is 33.2 Å². The summed E-state index contributed by atoms with van der Waals surface area (Å²) >= 11 is 2.92. The SMILES string of the molecule is NS(=O)(=O)c1ccc(Br)c(C(=O)NCC(F)(F)C(F)F)c1. The summed E-state index contributed by atoms with van der Waals surface area (Å²) in [5.74, 6) is -5.53. The van der Waals surface area contributed by atoms with Crippen molar-refractivity contribution >= 4 is 31.9 Å². The van der Waals surface area contributed by atoms with E-state index in [9.17, 15) is 30.8 Å². The molecule has 0 heterocycles. The summed E-state index contributed by atoms with van der Waals surface area (Å²) in [6.45, 7) is -1.59. The molecule has 0 atom stereocenters. The molecule has 0 bridgehead atoms. The molecule has 0 saturated carbocycles. The number of sulfonamides is 1. The van der Waals surface area contributed by atoms with Crippen molar-refractivity contribution in [3.8, 4) is 0 Å². The molecule has 1 aromatic rings. The molecule has 118 valence electrons. The fraction of sp³-hybridized carbons (Fsp3) is 0.300. The van der Waals surface area contributed by atoms with Crippen LogP contribution in [0.5, 0.6) is 0 Å². The van der Waals surface area contributed by atoms with Crippen molar-refractivity contribution in [2.75, 3.05) is 6.54 Å². The zero-order chi connectivity index (χ0) is 16.4. The number of nitrogens with two attached hydrogens (primary N) is 1. The third-order valence-corrected chi connectivity index (χ3v) is 3.92. The Hall–Kier alpha value is -1.20. The number of benzene rings is 1. The summed E-state index contributed by atoms with van der Waals surface area (Å²) in [4.78, 5) is 11.2. The molecule has 3 N–H and O–H groups in total. The van der Waals surface area contributed by atoms with Crippen LogP contribution < -0.4 is 10.5 Å². The normalized spacial score (nSPS) is 12.5. The molecular formula is C10H9BrF4N2O3S. The first-order valence-electron chi connectivity index (χ1n) is 5.21. The topological polar surface area (TPSA) is 89.3 Å². The first-order valence-corrected chi connectivity index (χ1v) is 7.55. The zero-order valence-electron chi connectivity index (χ0n) is 10.1. The third kappa shape index (κ3) is 4.64. The number of hydrogen-bond donors (Lipinski definition) is 2. The van der Waals surface area contributed by atoms with E-state index in [0.29, 0.717) is 0 Å². The first kappa shape index (κ1) is 17.9. The second-order valence-electron chi connectivity index (χ2n) is 3.93. The lowest BCUT2D eigenvalue weighted by atomic mass is 10.2. The van der Waals surface area contributed by atoms with Gasteiger partial charge in [-0.1, -0.05) is 0 Å². The summed E-state index contributed by atoms with van der Waals surface area (Å²) in [5, 5.41) is 6.47. The number of nitrogens with one attached hydrogen (secondary N) is 1. The highest BCUT2D eigenvalue weighted by atomic mass is 79.9. The Kier molecular flexibility index (Phi) is 5.34. The van der Waals surface area contributed by atoms with E-state index < -0.39 is 39.7 Å². The van der Waals surface area contributed by atoms with Crippen molar-refractivity contribution in [2.24, 2.45) is 5.14 Å². The fourth-order valence-electron chi connectivity index (χ4n) is 1.23. The van der Waals surface area contributed by atoms with Gasteiger partial charge < -0.3 is 5.32 Å². The highest BCUT2D eigenvalue weighted by Gasteiger charge is 2.41. The minimum absolute atomic E-state index is 0.0905. The molecule has 0 aliphatic rings. The molecule has 0 saturated heterocycles. The number of amides is 1. The van der Waals surface area contributed by atoms with E-state index in [-0.39, 0.29) is 10.0 Å². The monoisotopic (exact) mass is 392 g/mol. The molecule has 5 nitrogen and oxygen atoms in total. The van der Waals surface area contributed by atoms with Crippen molar-refractivity contribution in [1.29, 1.82) is 0 Å². The lowest BCUT2D eigenvalue weighted by Crippen LogP contribution is -2.41. The highest BCUT2D eigenvalue weighted by molar-refractivity contribution is 9.10. The van der Waals surface area contributed by atoms with Gasteiger partial charge in [0.1, 0.15) is 0 Å². The van der Waals surface area contributed by atoms with Crippen LogP contribution in [0.1, 0.15) is 10.4 Å². The number of hydrogen-bond acceptors (Lipinski definition) is 3. The fourth-order valence-corrected chi connectivity index (χ4v) is 2.19. The molecule has 1 amide bonds. The van der Waals surface area contributed by atoms with Gasteiger partial charge >= 0.3 is 12.3 Å². The second-order valence-corrected chi connectivity index (χ2v) is 6.35. The van der Waals surface area contributed by atoms with Gasteiger partial charge in [-0.25, -0.2) is 22.3 Å². The van der Waals surface area contributed by atoms with Crippen molar-refractivity contribution in [1.82, 2.24) is 5.32 Å². The Bertz CT molecular complexity index is 652. The minimum atomic E-state index is -4.39. The van der Waals surface area contributed by atoms with Crippen LogP contribution in [0.15, 0.2) is 27.6 Å². The Balaban J connectivity index is 2.98. The van der Waals surface area contributed by atoms with E-state index in [1.807, 2.05) is 0 Å². The van der Waals surface area contributed by atoms with Gasteiger partial charge in [-0.05, 0) is 34.1 Å². The molecule has 0 radical (unpaired) electrons. The minimum Gasteiger partial charge on any atom is -0.346 e. The lowest BCUT2D eigenvalue weighted by molar-refractivity contribution is -0.123. The van der Waals surface area contributed by atoms with Crippen molar-refractivity contribution in [3.63, 3.8) is 0 Å². The average Bonchev–Trinajstić information content (AvgIpc) is 2.35. The van der Waals surface area contributed by atoms with Crippen LogP contribution in [0.25, 0.3) is 0 Å². The van der Waals surface area contributed by atoms with Gasteiger partial charge in [0.25, 0.3) is 5.91 Å². The second kappa shape index (κ2) is 6.28. The van der Waals surface area contributed by atoms with Crippen molar-refractivity contribution < 1.29 is 30.8 Å². The van der Waals surface area contributed by atoms with Crippen LogP contribution in [-0.2, 0) is 10.0 Å². The Morgan fingerprint density at radius 3 is 2.43 bits per heavy atom. The van der Waals surface area contributed by atoms with E-state index in [1.54, 1.807) is 5.32 Å². The molecule has 0 spiro atoms. The number of carbonyl (C=O) groups excluding carboxylic acids is 1. The van der Waals surface area contributed by atoms with Gasteiger partial charge in [0.2, 0.25) is 10.0 Å². The zero-order valence-corrected chi connectivity index (χ0v) is 12.5. The molecule has 21 heavy (non-hydrogen) atoms. The van der Waals surface area contributed by atoms with Crippen LogP contribution in [0, 0.1) is 0 Å². The van der Waals surface area contributed by atoms with Gasteiger partial charge in [0, 0.05) is 4.47 Å². The Morgan fingerprint density at radius 1 is 1.38 bits per heavy atom. The smallest absolute Gasteiger partial charge is 0.324 e. The molecule has 0 aliphatic heterocycles. The summed E-state index contributed by atoms with van der Waals surface area (Å²) in [6.07, 6.45) is -3.93. The van der Waals surface area contributed by atoms with E-state index in [2.05, 4.69) is 15.9 Å². The maximum absolute atomic E-state index is 12.7. The maximum Gasteiger partial charge on any atom is 0.324 e. The molecule has 0 fully saturated rings. The van der Waals surface area contributed by atoms with Gasteiger partial charge in [0.15, 0.2) is 0 Å². The number of halogens is 5. The Labute approximate surface area is 125 Å². The highest BCUT2D eigenvalue weighted by Crippen LogP contribution is 2.23. The summed E-state index contributed by atoms with van der Waals surface area (Å²) in [6, 6.07) is 3.10. The predicted molar refractivity (Wildman–Crippen MR) is 68.8 cm³/mol. The van der Waals surface area contributed by atoms with E-state index in [0.717, 1.165) is 12.1 Å². The summed E-state index contributed by atoms with van der Waals surface area (Å²) in [7, 11) is -4.10. The van der Waals surface area contributed by atoms with Gasteiger partial charge in [-0.3, -0.25) is 4.79 Å². The van der Waals surface area contributed by atoms with Gasteiger partial charge in [0.05, 0.1) is 17.0 Å². The molecule has 0 aliphatic carbocycles. The average molecular weight is 393 g/mol. The lowest BCUT2D eigenvalue weighted by Gasteiger charge is -2.16. The summed E-state index contributed by atoms with van der Waals surface area (Å²) < 4.78 is 71.7. The van der Waals surface area contributed by atoms with Gasteiger partial charge in [-0.15, -0.1) is 0 Å². The first-order chi connectivity index (χ1) is 9.45. The van der Waals surface area contributed by atoms with E-state index >= 15 is 0 Å². The van der Waals surface area contributed by atoms with Crippen molar-refractivity contribution in [3.05, 3.63) is 28.2 Å². The van der Waals surface area contributed by atoms with E-state index in [4.69, 9.17) is 5.14 Å². The number of primary sulfonamides is 1. The molecule has 1 rings (SSSR count). The van der Waals surface area contributed by atoms with Crippen LogP contribution in [0.2, 0.25) is 0 Å². The molecule has 1 aromatic carbocycles. The predicted octanol–water partition coefficient (Wildman–Crippen LogP) is 1.73. The third-order valence-electron chi connectivity index (χ3n) is 2.31. The van der Waals surface area contributed by atoms with E-state index in [1.165, 1.54) is 6.07 Å². The quantitative estimate of drug-likeness (QED) is 0.747. The van der Waals surface area contributed by atoms with Crippen LogP contribution in [0.4, 0.5) is 17.6 Å². The number of carbonyl (C=O) groups is 1. The number of alkyl halides is 4. The largest absolute Gasteiger partial charge is 0.346 e. The molecule has 0 aromatic heterocycles. The van der Waals surface area contributed by atoms with Crippen LogP contribution >= 0.6 is 15.9 Å².